The van der Waals surface area contributed by atoms with Crippen LogP contribution in [0.15, 0.2) is 42.5 Å². The zero-order valence-corrected chi connectivity index (χ0v) is 33.3. The van der Waals surface area contributed by atoms with E-state index in [0.29, 0.717) is 22.8 Å². The Balaban J connectivity index is 1.91. The van der Waals surface area contributed by atoms with Crippen molar-refractivity contribution in [2.75, 3.05) is 30.0 Å². The number of morpholine rings is 1. The highest BCUT2D eigenvalue weighted by Crippen LogP contribution is 2.31. The van der Waals surface area contributed by atoms with Crippen molar-refractivity contribution in [2.45, 2.75) is 117 Å². The van der Waals surface area contributed by atoms with E-state index < -0.39 is 71.3 Å². The van der Waals surface area contributed by atoms with Crippen LogP contribution in [0.5, 0.6) is 0 Å². The fraction of sp³-hybridized carbons (Fsp3) is 0.525. The highest BCUT2D eigenvalue weighted by molar-refractivity contribution is 6.04. The topological polar surface area (TPSA) is 191 Å². The molecule has 1 aliphatic heterocycles. The van der Waals surface area contributed by atoms with Gasteiger partial charge in [0.05, 0.1) is 36.8 Å². The number of hydrogen-bond donors (Lipinski definition) is 1. The standard InChI is InChI=1S/C40H52N4O11/c1-11-12-19-52-35(48)40(9,10)28-14-13-15-30(22-28)43-18-20-51-32(34(43)47)31(53-25(2)45)33(46)42-29-17-16-26(23-41)27(21-29)24-44(36(49)54-38(3,4)5)37(50)55-39(6,7)8/h13-17,21-22,31-32H,11-12,18-20,24H2,1-10H3,(H,42,46)/t31-,32-/m1/s1. The van der Waals surface area contributed by atoms with Gasteiger partial charge in [0.1, 0.15) is 11.2 Å². The van der Waals surface area contributed by atoms with Crippen LogP contribution < -0.4 is 10.2 Å². The van der Waals surface area contributed by atoms with Crippen molar-refractivity contribution in [1.29, 1.82) is 5.26 Å². The van der Waals surface area contributed by atoms with E-state index in [4.69, 9.17) is 23.7 Å². The molecular weight excluding hydrogens is 712 g/mol. The smallest absolute Gasteiger partial charge is 0.420 e. The molecule has 2 atom stereocenters. The molecule has 1 fully saturated rings. The van der Waals surface area contributed by atoms with Crippen molar-refractivity contribution >= 4 is 47.3 Å². The lowest BCUT2D eigenvalue weighted by Gasteiger charge is -2.35. The molecule has 3 rings (SSSR count). The molecule has 15 nitrogen and oxygen atoms in total. The minimum Gasteiger partial charge on any atom is -0.465 e. The highest BCUT2D eigenvalue weighted by atomic mass is 16.6. The van der Waals surface area contributed by atoms with E-state index in [2.05, 4.69) is 5.32 Å². The zero-order valence-electron chi connectivity index (χ0n) is 33.3. The predicted molar refractivity (Wildman–Crippen MR) is 201 cm³/mol. The van der Waals surface area contributed by atoms with E-state index in [1.807, 2.05) is 13.0 Å². The molecule has 0 spiro atoms. The molecule has 0 bridgehead atoms. The van der Waals surface area contributed by atoms with Crippen molar-refractivity contribution in [3.8, 4) is 6.07 Å². The van der Waals surface area contributed by atoms with Crippen LogP contribution in [0, 0.1) is 11.3 Å². The fourth-order valence-electron chi connectivity index (χ4n) is 5.31. The molecule has 4 amide bonds. The number of imide groups is 1. The Hall–Kier alpha value is -5.49. The van der Waals surface area contributed by atoms with Crippen LogP contribution >= 0.6 is 0 Å². The Kier molecular flexibility index (Phi) is 14.6. The van der Waals surface area contributed by atoms with Crippen LogP contribution in [0.1, 0.15) is 98.8 Å². The summed E-state index contributed by atoms with van der Waals surface area (Å²) in [4.78, 5) is 81.4. The van der Waals surface area contributed by atoms with Gasteiger partial charge in [-0.15, -0.1) is 0 Å². The number of carbonyl (C=O) groups excluding carboxylic acids is 6. The summed E-state index contributed by atoms with van der Waals surface area (Å²) < 4.78 is 27.4. The second-order valence-corrected chi connectivity index (χ2v) is 15.5. The van der Waals surface area contributed by atoms with Gasteiger partial charge in [-0.2, -0.15) is 5.26 Å². The maximum Gasteiger partial charge on any atom is 0.420 e. The first-order valence-electron chi connectivity index (χ1n) is 18.0. The largest absolute Gasteiger partial charge is 0.465 e. The van der Waals surface area contributed by atoms with Crippen LogP contribution in [0.2, 0.25) is 0 Å². The summed E-state index contributed by atoms with van der Waals surface area (Å²) in [6.45, 7) is 16.2. The average molecular weight is 765 g/mol. The molecule has 1 aliphatic rings. The van der Waals surface area contributed by atoms with Gasteiger partial charge in [0.25, 0.3) is 11.8 Å². The maximum atomic E-state index is 14.0. The first kappa shape index (κ1) is 43.9. The average Bonchev–Trinajstić information content (AvgIpc) is 3.08. The Morgan fingerprint density at radius 3 is 2.18 bits per heavy atom. The summed E-state index contributed by atoms with van der Waals surface area (Å²) in [7, 11) is 0. The molecule has 55 heavy (non-hydrogen) atoms. The van der Waals surface area contributed by atoms with Gasteiger partial charge >= 0.3 is 24.1 Å². The second-order valence-electron chi connectivity index (χ2n) is 15.5. The number of nitrogens with one attached hydrogen (secondary N) is 1. The number of hydrogen-bond acceptors (Lipinski definition) is 12. The number of anilines is 2. The highest BCUT2D eigenvalue weighted by Gasteiger charge is 2.43. The van der Waals surface area contributed by atoms with E-state index in [1.54, 1.807) is 79.7 Å². The van der Waals surface area contributed by atoms with Crippen LogP contribution in [0.3, 0.4) is 0 Å². The van der Waals surface area contributed by atoms with Crippen LogP contribution in [0.4, 0.5) is 21.0 Å². The number of benzene rings is 2. The van der Waals surface area contributed by atoms with E-state index in [-0.39, 0.29) is 30.0 Å². The lowest BCUT2D eigenvalue weighted by atomic mass is 9.84. The summed E-state index contributed by atoms with van der Waals surface area (Å²) >= 11 is 0. The normalized spacial score (nSPS) is 15.3. The van der Waals surface area contributed by atoms with Crippen molar-refractivity contribution in [3.05, 3.63) is 59.2 Å². The summed E-state index contributed by atoms with van der Waals surface area (Å²) in [5.74, 6) is -2.86. The van der Waals surface area contributed by atoms with E-state index >= 15 is 0 Å². The minimum absolute atomic E-state index is 0.0136. The number of unbranched alkanes of at least 4 members (excludes halogenated alkanes) is 1. The van der Waals surface area contributed by atoms with Gasteiger partial charge in [0.2, 0.25) is 6.10 Å². The molecule has 0 radical (unpaired) electrons. The van der Waals surface area contributed by atoms with Crippen molar-refractivity contribution in [3.63, 3.8) is 0 Å². The Labute approximate surface area is 322 Å². The first-order valence-corrected chi connectivity index (χ1v) is 18.0. The first-order chi connectivity index (χ1) is 25.6. The molecule has 0 unspecified atom stereocenters. The Morgan fingerprint density at radius 2 is 1.62 bits per heavy atom. The predicted octanol–water partition coefficient (Wildman–Crippen LogP) is 6.15. The molecule has 1 heterocycles. The van der Waals surface area contributed by atoms with Crippen LogP contribution in [-0.4, -0.2) is 84.0 Å². The van der Waals surface area contributed by atoms with Gasteiger partial charge in [-0.3, -0.25) is 19.2 Å². The van der Waals surface area contributed by atoms with Crippen molar-refractivity contribution in [1.82, 2.24) is 4.90 Å². The quantitative estimate of drug-likeness (QED) is 0.148. The SMILES string of the molecule is CCCCOC(=O)C(C)(C)c1cccc(N2CCO[C@H]([C@@H](OC(C)=O)C(=O)Nc3ccc(C#N)c(CN(C(=O)OC(C)(C)C)C(=O)OC(C)(C)C)c3)C2=O)c1. The van der Waals surface area contributed by atoms with Gasteiger partial charge in [0.15, 0.2) is 6.10 Å². The number of esters is 2. The fourth-order valence-corrected chi connectivity index (χ4v) is 5.31. The summed E-state index contributed by atoms with van der Waals surface area (Å²) in [6, 6.07) is 13.0. The lowest BCUT2D eigenvalue weighted by Crippen LogP contribution is -2.56. The van der Waals surface area contributed by atoms with E-state index in [1.165, 1.54) is 23.1 Å². The molecule has 2 aromatic carbocycles. The maximum absolute atomic E-state index is 14.0. The third-order valence-electron chi connectivity index (χ3n) is 8.12. The number of carbonyl (C=O) groups is 6. The molecule has 2 aromatic rings. The molecule has 0 aromatic heterocycles. The van der Waals surface area contributed by atoms with Gasteiger partial charge in [-0.05, 0) is 103 Å². The van der Waals surface area contributed by atoms with E-state index in [9.17, 15) is 34.0 Å². The Bertz CT molecular complexity index is 1770. The van der Waals surface area contributed by atoms with Gasteiger partial charge in [-0.1, -0.05) is 25.5 Å². The second kappa shape index (κ2) is 18.2. The number of rotatable bonds is 12. The number of ether oxygens (including phenoxy) is 5. The molecule has 298 valence electrons. The van der Waals surface area contributed by atoms with Crippen LogP contribution in [-0.2, 0) is 54.8 Å². The summed E-state index contributed by atoms with van der Waals surface area (Å²) in [5.41, 5.74) is -1.62. The number of amides is 4. The van der Waals surface area contributed by atoms with Gasteiger partial charge in [-0.25, -0.2) is 14.5 Å². The van der Waals surface area contributed by atoms with Crippen molar-refractivity contribution < 1.29 is 52.5 Å². The molecule has 15 heteroatoms. The van der Waals surface area contributed by atoms with Gasteiger partial charge < -0.3 is 33.9 Å². The molecule has 1 N–H and O–H groups in total. The monoisotopic (exact) mass is 764 g/mol. The third-order valence-corrected chi connectivity index (χ3v) is 8.12. The van der Waals surface area contributed by atoms with Crippen molar-refractivity contribution in [2.24, 2.45) is 0 Å². The van der Waals surface area contributed by atoms with Gasteiger partial charge in [0, 0.05) is 24.8 Å². The molecule has 1 saturated heterocycles. The molecule has 0 aliphatic carbocycles. The zero-order chi connectivity index (χ0) is 41.3. The molecule has 0 saturated carbocycles. The summed E-state index contributed by atoms with van der Waals surface area (Å²) in [5, 5.41) is 12.5. The third kappa shape index (κ3) is 12.3. The lowest BCUT2D eigenvalue weighted by molar-refractivity contribution is -0.167. The Morgan fingerprint density at radius 1 is 0.982 bits per heavy atom. The minimum atomic E-state index is -1.75. The molecular formula is C40H52N4O11. The number of nitrogens with zero attached hydrogens (tertiary/aromatic N) is 3. The summed E-state index contributed by atoms with van der Waals surface area (Å²) in [6.07, 6.45) is -3.74. The van der Waals surface area contributed by atoms with Crippen LogP contribution in [0.25, 0.3) is 0 Å². The number of nitriles is 1. The van der Waals surface area contributed by atoms with E-state index in [0.717, 1.165) is 19.8 Å².